The zero-order valence-electron chi connectivity index (χ0n) is 15.2. The molecule has 2 aromatic carbocycles. The molecule has 1 heterocycles. The van der Waals surface area contributed by atoms with E-state index < -0.39 is 15.9 Å². The zero-order chi connectivity index (χ0) is 19.9. The van der Waals surface area contributed by atoms with Crippen LogP contribution in [0.4, 0.5) is 5.69 Å². The second-order valence-electron chi connectivity index (χ2n) is 6.95. The maximum Gasteiger partial charge on any atom is 0.291 e. The van der Waals surface area contributed by atoms with Gasteiger partial charge in [0.05, 0.1) is 9.92 Å². The second-order valence-corrected chi connectivity index (χ2v) is 9.12. The average molecular weight is 419 g/mol. The molecule has 1 aromatic heterocycles. The molecule has 6 nitrogen and oxygen atoms in total. The highest BCUT2D eigenvalue weighted by atomic mass is 35.5. The lowest BCUT2D eigenvalue weighted by Crippen LogP contribution is -2.25. The van der Waals surface area contributed by atoms with E-state index in [9.17, 15) is 13.2 Å². The maximum atomic E-state index is 12.6. The minimum atomic E-state index is -3.54. The van der Waals surface area contributed by atoms with E-state index in [1.54, 1.807) is 31.2 Å². The number of fused-ring (bicyclic) bond motifs is 1. The number of furan rings is 1. The van der Waals surface area contributed by atoms with Crippen LogP contribution in [0.15, 0.2) is 51.8 Å². The van der Waals surface area contributed by atoms with Crippen LogP contribution in [-0.4, -0.2) is 20.9 Å². The number of hydrogen-bond donors (Lipinski definition) is 2. The summed E-state index contributed by atoms with van der Waals surface area (Å²) in [6, 6.07) is 11.4. The third-order valence-corrected chi connectivity index (χ3v) is 6.54. The van der Waals surface area contributed by atoms with Crippen LogP contribution in [-0.2, 0) is 10.0 Å². The van der Waals surface area contributed by atoms with Gasteiger partial charge in [-0.2, -0.15) is 0 Å². The Kier molecular flexibility index (Phi) is 4.91. The summed E-state index contributed by atoms with van der Waals surface area (Å²) in [6.07, 6.45) is 2.14. The van der Waals surface area contributed by atoms with Crippen molar-refractivity contribution in [1.29, 1.82) is 0 Å². The molecule has 1 saturated carbocycles. The summed E-state index contributed by atoms with van der Waals surface area (Å²) < 4.78 is 32.8. The Bertz CT molecular complexity index is 1150. The Hall–Kier alpha value is -2.35. The van der Waals surface area contributed by atoms with Crippen LogP contribution >= 0.6 is 11.6 Å². The number of benzene rings is 2. The number of halogens is 1. The summed E-state index contributed by atoms with van der Waals surface area (Å²) in [5.74, 6) is 0.201. The van der Waals surface area contributed by atoms with Crippen molar-refractivity contribution < 1.29 is 17.6 Å². The summed E-state index contributed by atoms with van der Waals surface area (Å²) in [7, 11) is -3.54. The number of carbonyl (C=O) groups is 1. The van der Waals surface area contributed by atoms with Crippen LogP contribution < -0.4 is 10.0 Å². The van der Waals surface area contributed by atoms with Crippen LogP contribution in [0.3, 0.4) is 0 Å². The number of para-hydroxylation sites is 1. The van der Waals surface area contributed by atoms with E-state index in [1.165, 1.54) is 12.1 Å². The lowest BCUT2D eigenvalue weighted by atomic mass is 10.1. The van der Waals surface area contributed by atoms with Crippen molar-refractivity contribution >= 4 is 44.2 Å². The summed E-state index contributed by atoms with van der Waals surface area (Å²) in [6.45, 7) is 2.26. The predicted octanol–water partition coefficient (Wildman–Crippen LogP) is 4.34. The highest BCUT2D eigenvalue weighted by Crippen LogP contribution is 2.31. The molecule has 1 aliphatic carbocycles. The molecule has 0 spiro atoms. The summed E-state index contributed by atoms with van der Waals surface area (Å²) >= 11 is 6.13. The molecule has 1 aliphatic rings. The van der Waals surface area contributed by atoms with E-state index in [-0.39, 0.29) is 10.7 Å². The second kappa shape index (κ2) is 7.24. The minimum Gasteiger partial charge on any atom is -0.449 e. The molecule has 4 rings (SSSR count). The molecular formula is C20H19ClN2O4S. The number of hydrogen-bond acceptors (Lipinski definition) is 4. The van der Waals surface area contributed by atoms with Crippen molar-refractivity contribution in [2.45, 2.75) is 24.7 Å². The lowest BCUT2D eigenvalue weighted by molar-refractivity contribution is 0.0998. The largest absolute Gasteiger partial charge is 0.449 e. The topological polar surface area (TPSA) is 88.4 Å². The number of rotatable bonds is 6. The van der Waals surface area contributed by atoms with Crippen molar-refractivity contribution in [2.75, 3.05) is 11.9 Å². The Morgan fingerprint density at radius 1 is 1.18 bits per heavy atom. The quantitative estimate of drug-likeness (QED) is 0.623. The van der Waals surface area contributed by atoms with Crippen LogP contribution in [0.1, 0.15) is 29.0 Å². The molecule has 0 unspecified atom stereocenters. The van der Waals surface area contributed by atoms with Gasteiger partial charge in [0.15, 0.2) is 11.3 Å². The number of carbonyl (C=O) groups excluding carboxylic acids is 1. The first-order valence-electron chi connectivity index (χ1n) is 8.94. The molecule has 1 fully saturated rings. The lowest BCUT2D eigenvalue weighted by Gasteiger charge is -2.08. The molecule has 2 N–H and O–H groups in total. The van der Waals surface area contributed by atoms with E-state index >= 15 is 0 Å². The van der Waals surface area contributed by atoms with Gasteiger partial charge in [0, 0.05) is 23.2 Å². The maximum absolute atomic E-state index is 12.6. The normalized spacial score (nSPS) is 14.4. The molecule has 0 aliphatic heterocycles. The van der Waals surface area contributed by atoms with E-state index in [0.717, 1.165) is 18.2 Å². The summed E-state index contributed by atoms with van der Waals surface area (Å²) in [5, 5.41) is 3.94. The molecule has 0 radical (unpaired) electrons. The first-order valence-corrected chi connectivity index (χ1v) is 10.8. The summed E-state index contributed by atoms with van der Waals surface area (Å²) in [5.41, 5.74) is 1.63. The number of nitrogens with one attached hydrogen (secondary N) is 2. The minimum absolute atomic E-state index is 0.165. The Morgan fingerprint density at radius 2 is 1.89 bits per heavy atom. The van der Waals surface area contributed by atoms with Crippen LogP contribution in [0.5, 0.6) is 0 Å². The number of aryl methyl sites for hydroxylation is 1. The molecule has 3 aromatic rings. The van der Waals surface area contributed by atoms with Crippen molar-refractivity contribution in [3.8, 4) is 0 Å². The van der Waals surface area contributed by atoms with Crippen LogP contribution in [0.2, 0.25) is 5.02 Å². The molecule has 0 atom stereocenters. The fraction of sp³-hybridized carbons (Fsp3) is 0.250. The van der Waals surface area contributed by atoms with Gasteiger partial charge < -0.3 is 9.73 Å². The van der Waals surface area contributed by atoms with E-state index in [1.807, 2.05) is 6.07 Å². The Balaban J connectivity index is 1.50. The fourth-order valence-electron chi connectivity index (χ4n) is 2.96. The zero-order valence-corrected chi connectivity index (χ0v) is 16.7. The highest BCUT2D eigenvalue weighted by Gasteiger charge is 2.24. The fourth-order valence-corrected chi connectivity index (χ4v) is 4.29. The smallest absolute Gasteiger partial charge is 0.291 e. The van der Waals surface area contributed by atoms with Crippen LogP contribution in [0, 0.1) is 12.8 Å². The summed E-state index contributed by atoms with van der Waals surface area (Å²) in [4.78, 5) is 12.8. The van der Waals surface area contributed by atoms with Gasteiger partial charge in [-0.15, -0.1) is 0 Å². The van der Waals surface area contributed by atoms with Gasteiger partial charge in [-0.1, -0.05) is 23.7 Å². The number of anilines is 1. The highest BCUT2D eigenvalue weighted by molar-refractivity contribution is 7.89. The SMILES string of the molecule is Cc1c(C(=O)Nc2ccc(S(=O)(=O)NCC3CC3)cc2)oc2c(Cl)cccc12. The van der Waals surface area contributed by atoms with Gasteiger partial charge >= 0.3 is 0 Å². The molecule has 0 bridgehead atoms. The molecule has 28 heavy (non-hydrogen) atoms. The van der Waals surface area contributed by atoms with Gasteiger partial charge in [-0.05, 0) is 56.0 Å². The predicted molar refractivity (Wildman–Crippen MR) is 108 cm³/mol. The van der Waals surface area contributed by atoms with Gasteiger partial charge in [-0.3, -0.25) is 4.79 Å². The van der Waals surface area contributed by atoms with E-state index in [2.05, 4.69) is 10.0 Å². The van der Waals surface area contributed by atoms with E-state index in [4.69, 9.17) is 16.0 Å². The van der Waals surface area contributed by atoms with Crippen molar-refractivity contribution in [3.63, 3.8) is 0 Å². The Morgan fingerprint density at radius 3 is 2.54 bits per heavy atom. The van der Waals surface area contributed by atoms with Gasteiger partial charge in [-0.25, -0.2) is 13.1 Å². The van der Waals surface area contributed by atoms with Crippen molar-refractivity contribution in [3.05, 3.63) is 58.8 Å². The van der Waals surface area contributed by atoms with Gasteiger partial charge in [0.2, 0.25) is 10.0 Å². The first-order chi connectivity index (χ1) is 13.3. The number of amides is 1. The van der Waals surface area contributed by atoms with Crippen molar-refractivity contribution in [2.24, 2.45) is 5.92 Å². The molecule has 1 amide bonds. The van der Waals surface area contributed by atoms with Crippen molar-refractivity contribution in [1.82, 2.24) is 4.72 Å². The van der Waals surface area contributed by atoms with Crippen LogP contribution in [0.25, 0.3) is 11.0 Å². The molecular weight excluding hydrogens is 400 g/mol. The average Bonchev–Trinajstić information content (AvgIpc) is 3.44. The molecule has 8 heteroatoms. The van der Waals surface area contributed by atoms with E-state index in [0.29, 0.717) is 34.3 Å². The molecule has 0 saturated heterocycles. The molecule has 146 valence electrons. The monoisotopic (exact) mass is 418 g/mol. The Labute approximate surface area is 167 Å². The van der Waals surface area contributed by atoms with Gasteiger partial charge in [0.1, 0.15) is 0 Å². The van der Waals surface area contributed by atoms with Gasteiger partial charge in [0.25, 0.3) is 5.91 Å². The first kappa shape index (κ1) is 19.0. The third-order valence-electron chi connectivity index (χ3n) is 4.80. The number of sulfonamides is 1. The standard InChI is InChI=1S/C20H19ClN2O4S/c1-12-16-3-2-4-17(21)19(16)27-18(12)20(24)23-14-7-9-15(10-8-14)28(25,26)22-11-13-5-6-13/h2-4,7-10,13,22H,5-6,11H2,1H3,(H,23,24). The third kappa shape index (κ3) is 3.78.